The SMILES string of the molecule is CS(=O)(=O)CNc1ccc(-c2cc(C(=O)O)c3c(ccc4nn(-c5ccccc5)nc43)n2)cc1. The van der Waals surface area contributed by atoms with E-state index >= 15 is 0 Å². The summed E-state index contributed by atoms with van der Waals surface area (Å²) < 4.78 is 22.7. The highest BCUT2D eigenvalue weighted by Crippen LogP contribution is 2.30. The monoisotopic (exact) mass is 473 g/mol. The lowest BCUT2D eigenvalue weighted by atomic mass is 10.0. The number of nitrogens with one attached hydrogen (secondary N) is 1. The van der Waals surface area contributed by atoms with Gasteiger partial charge in [-0.05, 0) is 42.5 Å². The number of hydrogen-bond acceptors (Lipinski definition) is 7. The first kappa shape index (κ1) is 21.5. The molecule has 0 aliphatic carbocycles. The molecule has 2 aromatic heterocycles. The quantitative estimate of drug-likeness (QED) is 0.382. The van der Waals surface area contributed by atoms with Crippen LogP contribution in [-0.4, -0.2) is 51.6 Å². The highest BCUT2D eigenvalue weighted by Gasteiger charge is 2.18. The molecule has 0 atom stereocenters. The lowest BCUT2D eigenvalue weighted by molar-refractivity contribution is 0.0699. The van der Waals surface area contributed by atoms with E-state index in [2.05, 4.69) is 20.5 Å². The van der Waals surface area contributed by atoms with E-state index < -0.39 is 15.8 Å². The van der Waals surface area contributed by atoms with Crippen molar-refractivity contribution in [2.24, 2.45) is 0 Å². The van der Waals surface area contributed by atoms with Crippen molar-refractivity contribution in [3.63, 3.8) is 0 Å². The van der Waals surface area contributed by atoms with Crippen LogP contribution in [0.4, 0.5) is 5.69 Å². The Hall–Kier alpha value is -4.31. The van der Waals surface area contributed by atoms with Crippen LogP contribution in [0.1, 0.15) is 10.4 Å². The minimum absolute atomic E-state index is 0.0741. The number of fused-ring (bicyclic) bond motifs is 3. The van der Waals surface area contributed by atoms with Gasteiger partial charge in [0.2, 0.25) is 0 Å². The number of sulfone groups is 1. The predicted octanol–water partition coefficient (Wildman–Crippen LogP) is 3.75. The number of aromatic carboxylic acids is 1. The Bertz CT molecular complexity index is 1650. The van der Waals surface area contributed by atoms with E-state index in [4.69, 9.17) is 0 Å². The molecule has 9 nitrogen and oxygen atoms in total. The van der Waals surface area contributed by atoms with Crippen LogP contribution in [0.5, 0.6) is 0 Å². The molecule has 10 heteroatoms. The second-order valence-electron chi connectivity index (χ2n) is 7.84. The first-order valence-electron chi connectivity index (χ1n) is 10.3. The van der Waals surface area contributed by atoms with Crippen molar-refractivity contribution in [2.75, 3.05) is 17.4 Å². The molecule has 5 aromatic rings. The zero-order valence-electron chi connectivity index (χ0n) is 18.0. The van der Waals surface area contributed by atoms with Gasteiger partial charge >= 0.3 is 5.97 Å². The number of carboxylic acid groups (broad SMARTS) is 1. The Balaban J connectivity index is 1.60. The molecule has 0 aliphatic heterocycles. The molecule has 0 saturated heterocycles. The molecule has 0 unspecified atom stereocenters. The minimum Gasteiger partial charge on any atom is -0.478 e. The van der Waals surface area contributed by atoms with Crippen LogP contribution in [0.2, 0.25) is 0 Å². The van der Waals surface area contributed by atoms with E-state index in [0.29, 0.717) is 38.9 Å². The third kappa shape index (κ3) is 4.18. The van der Waals surface area contributed by atoms with Gasteiger partial charge in [-0.2, -0.15) is 4.80 Å². The van der Waals surface area contributed by atoms with Crippen LogP contribution < -0.4 is 5.32 Å². The summed E-state index contributed by atoms with van der Waals surface area (Å²) in [7, 11) is -3.16. The summed E-state index contributed by atoms with van der Waals surface area (Å²) in [4.78, 5) is 18.4. The number of hydrogen-bond donors (Lipinski definition) is 2. The summed E-state index contributed by atoms with van der Waals surface area (Å²) in [5, 5.41) is 22.3. The zero-order valence-corrected chi connectivity index (χ0v) is 18.8. The average Bonchev–Trinajstić information content (AvgIpc) is 3.27. The molecule has 5 rings (SSSR count). The Kier molecular flexibility index (Phi) is 5.21. The number of carboxylic acids is 1. The smallest absolute Gasteiger partial charge is 0.336 e. The minimum atomic E-state index is -3.16. The number of carbonyl (C=O) groups is 1. The second-order valence-corrected chi connectivity index (χ2v) is 9.98. The molecule has 0 fully saturated rings. The van der Waals surface area contributed by atoms with Crippen LogP contribution in [0.25, 0.3) is 38.9 Å². The number of nitrogens with zero attached hydrogens (tertiary/aromatic N) is 4. The van der Waals surface area contributed by atoms with E-state index in [0.717, 1.165) is 11.9 Å². The number of pyridine rings is 1. The Morgan fingerprint density at radius 1 is 0.971 bits per heavy atom. The van der Waals surface area contributed by atoms with Crippen LogP contribution in [0.3, 0.4) is 0 Å². The maximum Gasteiger partial charge on any atom is 0.336 e. The normalized spacial score (nSPS) is 11.7. The molecule has 2 heterocycles. The number of anilines is 1. The molecule has 0 spiro atoms. The molecule has 0 radical (unpaired) electrons. The molecular weight excluding hydrogens is 454 g/mol. The second kappa shape index (κ2) is 8.23. The lowest BCUT2D eigenvalue weighted by Gasteiger charge is -2.09. The van der Waals surface area contributed by atoms with Crippen molar-refractivity contribution in [3.8, 4) is 16.9 Å². The summed E-state index contributed by atoms with van der Waals surface area (Å²) in [6.07, 6.45) is 1.15. The van der Waals surface area contributed by atoms with Crippen molar-refractivity contribution in [3.05, 3.63) is 78.4 Å². The van der Waals surface area contributed by atoms with Crippen LogP contribution in [0, 0.1) is 0 Å². The van der Waals surface area contributed by atoms with E-state index in [9.17, 15) is 18.3 Å². The van der Waals surface area contributed by atoms with Crippen molar-refractivity contribution >= 4 is 43.4 Å². The third-order valence-electron chi connectivity index (χ3n) is 5.26. The summed E-state index contributed by atoms with van der Waals surface area (Å²) in [5.74, 6) is -1.27. The van der Waals surface area contributed by atoms with E-state index in [1.807, 2.05) is 30.3 Å². The van der Waals surface area contributed by atoms with Gasteiger partial charge in [0.15, 0.2) is 9.84 Å². The maximum atomic E-state index is 12.2. The first-order chi connectivity index (χ1) is 16.3. The molecule has 0 amide bonds. The highest BCUT2D eigenvalue weighted by atomic mass is 32.2. The number of rotatable bonds is 6. The van der Waals surface area contributed by atoms with E-state index in [1.165, 1.54) is 10.9 Å². The van der Waals surface area contributed by atoms with Crippen LogP contribution in [-0.2, 0) is 9.84 Å². The van der Waals surface area contributed by atoms with Crippen molar-refractivity contribution in [1.29, 1.82) is 0 Å². The van der Waals surface area contributed by atoms with Gasteiger partial charge in [-0.15, -0.1) is 10.2 Å². The largest absolute Gasteiger partial charge is 0.478 e. The topological polar surface area (TPSA) is 127 Å². The molecule has 2 N–H and O–H groups in total. The third-order valence-corrected chi connectivity index (χ3v) is 5.93. The van der Waals surface area contributed by atoms with Gasteiger partial charge < -0.3 is 10.4 Å². The molecule has 0 aliphatic rings. The average molecular weight is 474 g/mol. The van der Waals surface area contributed by atoms with Crippen molar-refractivity contribution < 1.29 is 18.3 Å². The number of para-hydroxylation sites is 1. The maximum absolute atomic E-state index is 12.2. The van der Waals surface area contributed by atoms with E-state index in [1.54, 1.807) is 36.4 Å². The van der Waals surface area contributed by atoms with Gasteiger partial charge in [0, 0.05) is 22.9 Å². The zero-order chi connectivity index (χ0) is 23.9. The van der Waals surface area contributed by atoms with Crippen molar-refractivity contribution in [1.82, 2.24) is 20.0 Å². The summed E-state index contributed by atoms with van der Waals surface area (Å²) in [5.41, 5.74) is 4.15. The molecule has 34 heavy (non-hydrogen) atoms. The molecular formula is C24H19N5O4S. The predicted molar refractivity (Wildman–Crippen MR) is 130 cm³/mol. The van der Waals surface area contributed by atoms with Crippen LogP contribution in [0.15, 0.2) is 72.8 Å². The van der Waals surface area contributed by atoms with Crippen LogP contribution >= 0.6 is 0 Å². The fourth-order valence-electron chi connectivity index (χ4n) is 3.67. The van der Waals surface area contributed by atoms with Gasteiger partial charge in [-0.25, -0.2) is 18.2 Å². The standard InChI is InChI=1S/C24H19N5O4S/c1-34(32,33)14-25-16-9-7-15(8-10-16)21-13-18(24(30)31)22-19(26-21)11-12-20-23(22)28-29(27-20)17-5-3-2-4-6-17/h2-13,25H,14H2,1H3,(H,30,31). The first-order valence-corrected chi connectivity index (χ1v) is 12.4. The fourth-order valence-corrected chi connectivity index (χ4v) is 4.10. The van der Waals surface area contributed by atoms with Gasteiger partial charge in [0.1, 0.15) is 16.9 Å². The Morgan fingerprint density at radius 3 is 2.35 bits per heavy atom. The lowest BCUT2D eigenvalue weighted by Crippen LogP contribution is -2.12. The highest BCUT2D eigenvalue weighted by molar-refractivity contribution is 7.90. The van der Waals surface area contributed by atoms with Gasteiger partial charge in [-0.3, -0.25) is 0 Å². The Morgan fingerprint density at radius 2 is 1.68 bits per heavy atom. The van der Waals surface area contributed by atoms with Gasteiger partial charge in [-0.1, -0.05) is 30.3 Å². The Labute approximate surface area is 194 Å². The summed E-state index contributed by atoms with van der Waals surface area (Å²) >= 11 is 0. The molecule has 0 saturated carbocycles. The van der Waals surface area contributed by atoms with Crippen molar-refractivity contribution in [2.45, 2.75) is 0 Å². The molecule has 0 bridgehead atoms. The molecule has 3 aromatic carbocycles. The summed E-state index contributed by atoms with van der Waals surface area (Å²) in [6, 6.07) is 21.4. The number of aromatic nitrogens is 4. The van der Waals surface area contributed by atoms with E-state index in [-0.39, 0.29) is 11.4 Å². The molecule has 170 valence electrons. The van der Waals surface area contributed by atoms with Gasteiger partial charge in [0.05, 0.1) is 22.5 Å². The van der Waals surface area contributed by atoms with Gasteiger partial charge in [0.25, 0.3) is 0 Å². The number of benzene rings is 3. The fraction of sp³-hybridized carbons (Fsp3) is 0.0833. The summed E-state index contributed by atoms with van der Waals surface area (Å²) in [6.45, 7) is 0.